The average Bonchev–Trinajstić information content (AvgIpc) is 2.84. The Hall–Kier alpha value is -0.0231. The van der Waals surface area contributed by atoms with Crippen LogP contribution in [-0.4, -0.2) is 63.1 Å². The van der Waals surface area contributed by atoms with E-state index >= 15 is 0 Å². The zero-order valence-corrected chi connectivity index (χ0v) is 17.5. The third-order valence-electron chi connectivity index (χ3n) is 5.63. The van der Waals surface area contributed by atoms with Gasteiger partial charge in [0.25, 0.3) is 0 Å². The maximum Gasteiger partial charge on any atom is 0.192 e. The van der Waals surface area contributed by atoms with Crippen LogP contribution in [0.15, 0.2) is 0 Å². The summed E-state index contributed by atoms with van der Waals surface area (Å²) in [6, 6.07) is 0. The zero-order chi connectivity index (χ0) is 18.6. The van der Waals surface area contributed by atoms with Crippen molar-refractivity contribution in [3.63, 3.8) is 0 Å². The third kappa shape index (κ3) is 3.45. The monoisotopic (exact) mass is 362 g/mol. The SMILES string of the molecule is CO[C@H]1[C@H]2OC(C)(C)O[C@H]2O[C@]1(CO[Si](C)(C)C(C)(C)C)[C@@H](C)O. The second-order valence-electron chi connectivity index (χ2n) is 8.92. The summed E-state index contributed by atoms with van der Waals surface area (Å²) >= 11 is 0. The van der Waals surface area contributed by atoms with Crippen molar-refractivity contribution in [2.45, 2.75) is 95.7 Å². The van der Waals surface area contributed by atoms with Crippen LogP contribution in [0.3, 0.4) is 0 Å². The molecule has 24 heavy (non-hydrogen) atoms. The van der Waals surface area contributed by atoms with E-state index in [-0.39, 0.29) is 17.7 Å². The van der Waals surface area contributed by atoms with Gasteiger partial charge in [0.2, 0.25) is 0 Å². The van der Waals surface area contributed by atoms with E-state index in [0.717, 1.165) is 0 Å². The van der Waals surface area contributed by atoms with Gasteiger partial charge >= 0.3 is 0 Å². The number of rotatable bonds is 5. The van der Waals surface area contributed by atoms with Crippen LogP contribution >= 0.6 is 0 Å². The van der Waals surface area contributed by atoms with Crippen LogP contribution < -0.4 is 0 Å². The molecule has 0 unspecified atom stereocenters. The van der Waals surface area contributed by atoms with Crippen molar-refractivity contribution < 1.29 is 28.5 Å². The standard InChI is InChI=1S/C17H34O6Si/c1-11(18)17(10-20-24(8,9)15(2,3)4)13(19-7)12-14(23-17)22-16(5,6)21-12/h11-14,18H,10H2,1-9H3/t11-,12-,13+,14+,17-/m1/s1. The lowest BCUT2D eigenvalue weighted by atomic mass is 9.91. The fourth-order valence-corrected chi connectivity index (χ4v) is 4.05. The van der Waals surface area contributed by atoms with Crippen molar-refractivity contribution in [3.05, 3.63) is 0 Å². The number of methoxy groups -OCH3 is 1. The summed E-state index contributed by atoms with van der Waals surface area (Å²) in [4.78, 5) is 0. The maximum absolute atomic E-state index is 10.5. The smallest absolute Gasteiger partial charge is 0.192 e. The number of ether oxygens (including phenoxy) is 4. The Morgan fingerprint density at radius 1 is 1.17 bits per heavy atom. The molecule has 0 aromatic rings. The van der Waals surface area contributed by atoms with E-state index in [4.69, 9.17) is 23.4 Å². The molecule has 6 nitrogen and oxygen atoms in total. The van der Waals surface area contributed by atoms with Gasteiger partial charge in [0, 0.05) is 7.11 Å². The molecule has 2 saturated heterocycles. The molecular formula is C17H34O6Si. The van der Waals surface area contributed by atoms with Gasteiger partial charge in [0.1, 0.15) is 17.8 Å². The van der Waals surface area contributed by atoms with Crippen molar-refractivity contribution >= 4 is 8.32 Å². The van der Waals surface area contributed by atoms with E-state index in [1.807, 2.05) is 13.8 Å². The Kier molecular flexibility index (Phi) is 5.32. The van der Waals surface area contributed by atoms with E-state index in [9.17, 15) is 5.11 Å². The van der Waals surface area contributed by atoms with Crippen LogP contribution in [0.4, 0.5) is 0 Å². The minimum Gasteiger partial charge on any atom is -0.414 e. The summed E-state index contributed by atoms with van der Waals surface area (Å²) in [5, 5.41) is 10.6. The highest BCUT2D eigenvalue weighted by Crippen LogP contribution is 2.46. The summed E-state index contributed by atoms with van der Waals surface area (Å²) in [6.45, 7) is 16.5. The van der Waals surface area contributed by atoms with E-state index in [1.54, 1.807) is 14.0 Å². The molecule has 0 radical (unpaired) electrons. The fourth-order valence-electron chi connectivity index (χ4n) is 3.03. The molecule has 2 aliphatic heterocycles. The molecule has 142 valence electrons. The maximum atomic E-state index is 10.5. The Labute approximate surface area is 146 Å². The Bertz CT molecular complexity index is 458. The fraction of sp³-hybridized carbons (Fsp3) is 1.00. The number of hydrogen-bond acceptors (Lipinski definition) is 6. The van der Waals surface area contributed by atoms with Gasteiger partial charge in [0.15, 0.2) is 20.4 Å². The van der Waals surface area contributed by atoms with Crippen LogP contribution in [0.5, 0.6) is 0 Å². The Morgan fingerprint density at radius 2 is 1.75 bits per heavy atom. The second-order valence-corrected chi connectivity index (χ2v) is 13.7. The van der Waals surface area contributed by atoms with Gasteiger partial charge in [-0.1, -0.05) is 20.8 Å². The molecule has 2 aliphatic rings. The lowest BCUT2D eigenvalue weighted by Crippen LogP contribution is -2.58. The number of aliphatic hydroxyl groups is 1. The molecule has 0 saturated carbocycles. The van der Waals surface area contributed by atoms with Crippen molar-refractivity contribution in [1.29, 1.82) is 0 Å². The van der Waals surface area contributed by atoms with Crippen molar-refractivity contribution in [1.82, 2.24) is 0 Å². The molecular weight excluding hydrogens is 328 g/mol. The quantitative estimate of drug-likeness (QED) is 0.759. The summed E-state index contributed by atoms with van der Waals surface area (Å²) in [7, 11) is -0.395. The van der Waals surface area contributed by atoms with Crippen LogP contribution in [0, 0.1) is 0 Å². The zero-order valence-electron chi connectivity index (χ0n) is 16.5. The van der Waals surface area contributed by atoms with Crippen molar-refractivity contribution in [2.24, 2.45) is 0 Å². The molecule has 0 aromatic carbocycles. The highest BCUT2D eigenvalue weighted by molar-refractivity contribution is 6.74. The first-order valence-electron chi connectivity index (χ1n) is 8.64. The first-order valence-corrected chi connectivity index (χ1v) is 11.5. The van der Waals surface area contributed by atoms with Crippen molar-refractivity contribution in [2.75, 3.05) is 13.7 Å². The molecule has 7 heteroatoms. The van der Waals surface area contributed by atoms with E-state index in [2.05, 4.69) is 33.9 Å². The molecule has 0 bridgehead atoms. The molecule has 2 rings (SSSR count). The first kappa shape index (κ1) is 20.3. The van der Waals surface area contributed by atoms with Gasteiger partial charge in [-0.3, -0.25) is 0 Å². The predicted molar refractivity (Wildman–Crippen MR) is 93.3 cm³/mol. The summed E-state index contributed by atoms with van der Waals surface area (Å²) in [5.74, 6) is -0.725. The van der Waals surface area contributed by atoms with Gasteiger partial charge in [-0.15, -0.1) is 0 Å². The molecule has 2 fully saturated rings. The number of hydrogen-bond donors (Lipinski definition) is 1. The second kappa shape index (κ2) is 6.30. The Balaban J connectivity index is 2.23. The molecule has 5 atom stereocenters. The van der Waals surface area contributed by atoms with Crippen LogP contribution in [0.1, 0.15) is 41.5 Å². The number of aliphatic hydroxyl groups excluding tert-OH is 1. The van der Waals surface area contributed by atoms with E-state index < -0.39 is 38.2 Å². The molecule has 0 amide bonds. The molecule has 2 heterocycles. The van der Waals surface area contributed by atoms with Crippen LogP contribution in [-0.2, 0) is 23.4 Å². The summed E-state index contributed by atoms with van der Waals surface area (Å²) < 4.78 is 30.0. The summed E-state index contributed by atoms with van der Waals surface area (Å²) in [5.41, 5.74) is -1.00. The van der Waals surface area contributed by atoms with E-state index in [0.29, 0.717) is 0 Å². The lowest BCUT2D eigenvalue weighted by Gasteiger charge is -2.43. The molecule has 0 aliphatic carbocycles. The van der Waals surface area contributed by atoms with Crippen LogP contribution in [0.25, 0.3) is 0 Å². The highest BCUT2D eigenvalue weighted by Gasteiger charge is 2.64. The topological polar surface area (TPSA) is 66.4 Å². The number of fused-ring (bicyclic) bond motifs is 1. The first-order chi connectivity index (χ1) is 10.8. The highest BCUT2D eigenvalue weighted by atomic mass is 28.4. The van der Waals surface area contributed by atoms with Crippen LogP contribution in [0.2, 0.25) is 18.1 Å². The van der Waals surface area contributed by atoms with Gasteiger partial charge in [-0.05, 0) is 38.9 Å². The normalized spacial score (nSPS) is 37.5. The average molecular weight is 363 g/mol. The van der Waals surface area contributed by atoms with Gasteiger partial charge in [0.05, 0.1) is 12.7 Å². The van der Waals surface area contributed by atoms with E-state index in [1.165, 1.54) is 0 Å². The van der Waals surface area contributed by atoms with Gasteiger partial charge in [-0.2, -0.15) is 0 Å². The summed E-state index contributed by atoms with van der Waals surface area (Å²) in [6.07, 6.45) is -2.20. The third-order valence-corrected chi connectivity index (χ3v) is 10.1. The van der Waals surface area contributed by atoms with Gasteiger partial charge < -0.3 is 28.5 Å². The minimum absolute atomic E-state index is 0.0684. The lowest BCUT2D eigenvalue weighted by molar-refractivity contribution is -0.265. The molecule has 1 N–H and O–H groups in total. The largest absolute Gasteiger partial charge is 0.414 e. The van der Waals surface area contributed by atoms with Crippen molar-refractivity contribution in [3.8, 4) is 0 Å². The Morgan fingerprint density at radius 3 is 2.21 bits per heavy atom. The predicted octanol–water partition coefficient (Wildman–Crippen LogP) is 2.65. The minimum atomic E-state index is -2.00. The molecule has 0 aromatic heterocycles. The van der Waals surface area contributed by atoms with Gasteiger partial charge in [-0.25, -0.2) is 0 Å². The molecule has 0 spiro atoms.